The van der Waals surface area contributed by atoms with Gasteiger partial charge in [0.15, 0.2) is 0 Å². The molecule has 1 aromatic carbocycles. The number of carbonyl (C=O) groups is 1. The third-order valence-electron chi connectivity index (χ3n) is 4.27. The number of halogens is 2. The quantitative estimate of drug-likeness (QED) is 0.750. The second kappa shape index (κ2) is 8.00. The number of benzene rings is 1. The van der Waals surface area contributed by atoms with Gasteiger partial charge in [0.05, 0.1) is 16.3 Å². The molecule has 1 amide bonds. The summed E-state index contributed by atoms with van der Waals surface area (Å²) in [5, 5.41) is 0.184. The number of aryl methyl sites for hydroxylation is 1. The van der Waals surface area contributed by atoms with E-state index in [0.29, 0.717) is 25.9 Å². The van der Waals surface area contributed by atoms with Crippen molar-refractivity contribution in [3.05, 3.63) is 52.4 Å². The van der Waals surface area contributed by atoms with E-state index in [9.17, 15) is 13.2 Å². The van der Waals surface area contributed by atoms with Gasteiger partial charge < -0.3 is 9.32 Å². The Balaban J connectivity index is 1.62. The maximum atomic E-state index is 12.8. The van der Waals surface area contributed by atoms with Crippen LogP contribution in [0.25, 0.3) is 0 Å². The Morgan fingerprint density at radius 3 is 2.27 bits per heavy atom. The lowest BCUT2D eigenvalue weighted by Gasteiger charge is -2.34. The molecular weight excluding hydrogens is 399 g/mol. The van der Waals surface area contributed by atoms with Crippen LogP contribution in [-0.2, 0) is 21.2 Å². The van der Waals surface area contributed by atoms with Gasteiger partial charge >= 0.3 is 0 Å². The van der Waals surface area contributed by atoms with E-state index in [4.69, 9.17) is 27.6 Å². The van der Waals surface area contributed by atoms with E-state index >= 15 is 0 Å². The Kier molecular flexibility index (Phi) is 5.92. The topological polar surface area (TPSA) is 70.8 Å². The van der Waals surface area contributed by atoms with Gasteiger partial charge in [0.1, 0.15) is 10.7 Å². The first-order valence-electron chi connectivity index (χ1n) is 8.14. The Labute approximate surface area is 162 Å². The predicted octanol–water partition coefficient (Wildman–Crippen LogP) is 3.05. The lowest BCUT2D eigenvalue weighted by molar-refractivity contribution is -0.132. The smallest absolute Gasteiger partial charge is 0.246 e. The summed E-state index contributed by atoms with van der Waals surface area (Å²) in [6.07, 6.45) is 2.43. The number of furan rings is 1. The molecule has 1 aliphatic heterocycles. The third-order valence-corrected chi connectivity index (χ3v) is 7.13. The van der Waals surface area contributed by atoms with E-state index in [0.717, 1.165) is 5.76 Å². The molecule has 6 nitrogen and oxygen atoms in total. The van der Waals surface area contributed by atoms with Crippen molar-refractivity contribution in [2.45, 2.75) is 17.7 Å². The molecule has 9 heteroatoms. The second-order valence-corrected chi connectivity index (χ2v) is 8.60. The molecule has 2 heterocycles. The van der Waals surface area contributed by atoms with Gasteiger partial charge in [-0.2, -0.15) is 4.31 Å². The van der Waals surface area contributed by atoms with Gasteiger partial charge in [0.2, 0.25) is 15.9 Å². The van der Waals surface area contributed by atoms with Crippen molar-refractivity contribution in [2.75, 3.05) is 26.2 Å². The summed E-state index contributed by atoms with van der Waals surface area (Å²) < 4.78 is 32.2. The second-order valence-electron chi connectivity index (χ2n) is 5.92. The highest BCUT2D eigenvalue weighted by atomic mass is 35.5. The van der Waals surface area contributed by atoms with E-state index in [-0.39, 0.29) is 33.9 Å². The van der Waals surface area contributed by atoms with Crippen LogP contribution in [0.4, 0.5) is 0 Å². The number of nitrogens with zero attached hydrogens (tertiary/aromatic N) is 2. The first-order chi connectivity index (χ1) is 12.4. The number of hydrogen-bond acceptors (Lipinski definition) is 4. The van der Waals surface area contributed by atoms with Gasteiger partial charge in [-0.05, 0) is 24.3 Å². The number of rotatable bonds is 5. The Morgan fingerprint density at radius 2 is 1.69 bits per heavy atom. The van der Waals surface area contributed by atoms with E-state index in [1.807, 2.05) is 6.07 Å². The van der Waals surface area contributed by atoms with Crippen molar-refractivity contribution in [1.29, 1.82) is 0 Å². The van der Waals surface area contributed by atoms with Crippen molar-refractivity contribution in [1.82, 2.24) is 9.21 Å². The fourth-order valence-electron chi connectivity index (χ4n) is 2.88. The number of hydrogen-bond donors (Lipinski definition) is 0. The van der Waals surface area contributed by atoms with Crippen LogP contribution < -0.4 is 0 Å². The molecule has 1 saturated heterocycles. The first-order valence-corrected chi connectivity index (χ1v) is 10.3. The molecule has 3 rings (SSSR count). The van der Waals surface area contributed by atoms with Crippen molar-refractivity contribution in [3.8, 4) is 0 Å². The van der Waals surface area contributed by atoms with Crippen molar-refractivity contribution in [2.24, 2.45) is 0 Å². The molecule has 26 heavy (non-hydrogen) atoms. The molecule has 0 unspecified atom stereocenters. The Bertz CT molecular complexity index is 856. The summed E-state index contributed by atoms with van der Waals surface area (Å²) >= 11 is 12.1. The molecule has 1 aromatic heterocycles. The zero-order valence-corrected chi connectivity index (χ0v) is 16.2. The first kappa shape index (κ1) is 19.2. The van der Waals surface area contributed by atoms with Crippen LogP contribution in [0.3, 0.4) is 0 Å². The molecule has 0 atom stereocenters. The number of sulfonamides is 1. The highest BCUT2D eigenvalue weighted by Gasteiger charge is 2.32. The molecule has 0 saturated carbocycles. The van der Waals surface area contributed by atoms with Crippen molar-refractivity contribution >= 4 is 39.1 Å². The van der Waals surface area contributed by atoms with Crippen molar-refractivity contribution in [3.63, 3.8) is 0 Å². The molecular formula is C17H18Cl2N2O4S. The molecule has 0 spiro atoms. The molecule has 1 fully saturated rings. The van der Waals surface area contributed by atoms with Gasteiger partial charge in [0.25, 0.3) is 0 Å². The van der Waals surface area contributed by atoms with Crippen LogP contribution in [0.1, 0.15) is 12.2 Å². The minimum atomic E-state index is -3.80. The maximum Gasteiger partial charge on any atom is 0.246 e. The summed E-state index contributed by atoms with van der Waals surface area (Å²) in [6.45, 7) is 1.07. The molecule has 0 bridgehead atoms. The monoisotopic (exact) mass is 416 g/mol. The van der Waals surface area contributed by atoms with E-state index < -0.39 is 10.0 Å². The van der Waals surface area contributed by atoms with E-state index in [1.54, 1.807) is 23.3 Å². The Morgan fingerprint density at radius 1 is 1.04 bits per heavy atom. The van der Waals surface area contributed by atoms with Crippen LogP contribution in [0.2, 0.25) is 10.0 Å². The molecule has 0 radical (unpaired) electrons. The maximum absolute atomic E-state index is 12.8. The Hall–Kier alpha value is -1.54. The van der Waals surface area contributed by atoms with Gasteiger partial charge in [-0.25, -0.2) is 8.42 Å². The summed E-state index contributed by atoms with van der Waals surface area (Å²) in [5.41, 5.74) is 0. The fraction of sp³-hybridized carbons (Fsp3) is 0.353. The number of carbonyl (C=O) groups excluding carboxylic acids is 1. The summed E-state index contributed by atoms with van der Waals surface area (Å²) in [6, 6.07) is 8.19. The summed E-state index contributed by atoms with van der Waals surface area (Å²) in [4.78, 5) is 13.9. The van der Waals surface area contributed by atoms with E-state index in [2.05, 4.69) is 0 Å². The summed E-state index contributed by atoms with van der Waals surface area (Å²) in [7, 11) is -3.80. The lowest BCUT2D eigenvalue weighted by Crippen LogP contribution is -2.50. The molecule has 0 aliphatic carbocycles. The zero-order chi connectivity index (χ0) is 18.7. The summed E-state index contributed by atoms with van der Waals surface area (Å²) in [5.74, 6) is 0.738. The minimum Gasteiger partial charge on any atom is -0.469 e. The van der Waals surface area contributed by atoms with Gasteiger partial charge in [0, 0.05) is 39.0 Å². The van der Waals surface area contributed by atoms with Crippen LogP contribution in [0.5, 0.6) is 0 Å². The van der Waals surface area contributed by atoms with Crippen LogP contribution in [-0.4, -0.2) is 49.7 Å². The third kappa shape index (κ3) is 4.06. The average Bonchev–Trinajstić information content (AvgIpc) is 3.13. The van der Waals surface area contributed by atoms with Crippen LogP contribution in [0.15, 0.2) is 45.9 Å². The number of amides is 1. The van der Waals surface area contributed by atoms with E-state index in [1.165, 1.54) is 16.4 Å². The molecule has 140 valence electrons. The highest BCUT2D eigenvalue weighted by molar-refractivity contribution is 7.89. The van der Waals surface area contributed by atoms with Crippen LogP contribution >= 0.6 is 23.2 Å². The predicted molar refractivity (Wildman–Crippen MR) is 98.8 cm³/mol. The minimum absolute atomic E-state index is 0.0192. The molecule has 1 aliphatic rings. The SMILES string of the molecule is O=C(CCc1ccco1)N1CCN(S(=O)(=O)c2c(Cl)cccc2Cl)CC1. The van der Waals surface area contributed by atoms with Crippen molar-refractivity contribution < 1.29 is 17.6 Å². The van der Waals surface area contributed by atoms with Gasteiger partial charge in [-0.15, -0.1) is 0 Å². The normalized spacial score (nSPS) is 16.0. The van der Waals surface area contributed by atoms with Gasteiger partial charge in [-0.1, -0.05) is 29.3 Å². The molecule has 0 N–H and O–H groups in total. The van der Waals surface area contributed by atoms with Gasteiger partial charge in [-0.3, -0.25) is 4.79 Å². The van der Waals surface area contributed by atoms with Crippen LogP contribution in [0, 0.1) is 0 Å². The fourth-order valence-corrected chi connectivity index (χ4v) is 5.39. The lowest BCUT2D eigenvalue weighted by atomic mass is 10.2. The zero-order valence-electron chi connectivity index (χ0n) is 13.9. The largest absolute Gasteiger partial charge is 0.469 e. The molecule has 2 aromatic rings. The number of piperazine rings is 1. The average molecular weight is 417 g/mol. The standard InChI is InChI=1S/C17H18Cl2N2O4S/c18-14-4-1-5-15(19)17(14)26(23,24)21-10-8-20(9-11-21)16(22)7-6-13-3-2-12-25-13/h1-5,12H,6-11H2. The highest BCUT2D eigenvalue weighted by Crippen LogP contribution is 2.31.